The average Bonchev–Trinajstić information content (AvgIpc) is 2.97. The Kier molecular flexibility index (Phi) is 3.48. The van der Waals surface area contributed by atoms with Crippen molar-refractivity contribution < 1.29 is 0 Å². The number of tetrazole rings is 1. The fourth-order valence-corrected chi connectivity index (χ4v) is 2.25. The molecule has 0 aliphatic heterocycles. The standard InChI is InChI=1S/C15H13ClN4/c1-11-7-8-14(13(9-11)10-16)20-18-15(17-19-20)12-5-3-2-4-6-12/h2-9H,10H2,1H3. The van der Waals surface area contributed by atoms with Gasteiger partial charge in [0.25, 0.3) is 0 Å². The highest BCUT2D eigenvalue weighted by Gasteiger charge is 2.10. The van der Waals surface area contributed by atoms with Crippen molar-refractivity contribution in [1.82, 2.24) is 20.2 Å². The maximum absolute atomic E-state index is 5.99. The molecule has 5 heteroatoms. The van der Waals surface area contributed by atoms with E-state index >= 15 is 0 Å². The summed E-state index contributed by atoms with van der Waals surface area (Å²) in [5.41, 5.74) is 3.95. The summed E-state index contributed by atoms with van der Waals surface area (Å²) < 4.78 is 0. The Labute approximate surface area is 122 Å². The van der Waals surface area contributed by atoms with E-state index in [-0.39, 0.29) is 0 Å². The molecule has 0 spiro atoms. The summed E-state index contributed by atoms with van der Waals surface area (Å²) in [6.45, 7) is 2.03. The lowest BCUT2D eigenvalue weighted by atomic mass is 10.1. The number of nitrogens with zero attached hydrogens (tertiary/aromatic N) is 4. The minimum absolute atomic E-state index is 0.416. The number of alkyl halides is 1. The van der Waals surface area contributed by atoms with E-state index < -0.39 is 0 Å². The topological polar surface area (TPSA) is 43.6 Å². The van der Waals surface area contributed by atoms with E-state index in [0.717, 1.165) is 22.4 Å². The number of rotatable bonds is 3. The molecule has 3 aromatic rings. The minimum atomic E-state index is 0.416. The molecule has 0 N–H and O–H groups in total. The van der Waals surface area contributed by atoms with Gasteiger partial charge < -0.3 is 0 Å². The maximum Gasteiger partial charge on any atom is 0.205 e. The third kappa shape index (κ3) is 2.42. The normalized spacial score (nSPS) is 10.7. The Morgan fingerprint density at radius 1 is 1.10 bits per heavy atom. The van der Waals surface area contributed by atoms with Gasteiger partial charge in [-0.25, -0.2) is 0 Å². The molecule has 100 valence electrons. The van der Waals surface area contributed by atoms with E-state index in [0.29, 0.717) is 11.7 Å². The van der Waals surface area contributed by atoms with Gasteiger partial charge >= 0.3 is 0 Å². The Bertz CT molecular complexity index is 722. The highest BCUT2D eigenvalue weighted by Crippen LogP contribution is 2.19. The van der Waals surface area contributed by atoms with Crippen molar-refractivity contribution in [2.24, 2.45) is 0 Å². The second-order valence-electron chi connectivity index (χ2n) is 4.53. The molecule has 0 aliphatic carbocycles. The van der Waals surface area contributed by atoms with Crippen molar-refractivity contribution in [3.05, 3.63) is 59.7 Å². The van der Waals surface area contributed by atoms with Crippen molar-refractivity contribution in [3.63, 3.8) is 0 Å². The monoisotopic (exact) mass is 284 g/mol. The Morgan fingerprint density at radius 3 is 2.65 bits per heavy atom. The molecule has 20 heavy (non-hydrogen) atoms. The van der Waals surface area contributed by atoms with Crippen molar-refractivity contribution in [2.45, 2.75) is 12.8 Å². The molecule has 0 bridgehead atoms. The van der Waals surface area contributed by atoms with Crippen molar-refractivity contribution in [2.75, 3.05) is 0 Å². The molecule has 2 aromatic carbocycles. The summed E-state index contributed by atoms with van der Waals surface area (Å²) in [7, 11) is 0. The lowest BCUT2D eigenvalue weighted by Crippen LogP contribution is -2.03. The molecule has 0 radical (unpaired) electrons. The van der Waals surface area contributed by atoms with E-state index in [9.17, 15) is 0 Å². The Balaban J connectivity index is 2.02. The van der Waals surface area contributed by atoms with Crippen LogP contribution in [0.1, 0.15) is 11.1 Å². The third-order valence-corrected chi connectivity index (χ3v) is 3.33. The number of benzene rings is 2. The van der Waals surface area contributed by atoms with Gasteiger partial charge in [-0.15, -0.1) is 26.6 Å². The van der Waals surface area contributed by atoms with E-state index in [4.69, 9.17) is 11.6 Å². The van der Waals surface area contributed by atoms with Crippen LogP contribution in [0.2, 0.25) is 0 Å². The van der Waals surface area contributed by atoms with Crippen LogP contribution in [0.4, 0.5) is 0 Å². The van der Waals surface area contributed by atoms with E-state index in [2.05, 4.69) is 15.4 Å². The van der Waals surface area contributed by atoms with E-state index in [1.54, 1.807) is 0 Å². The lowest BCUT2D eigenvalue weighted by Gasteiger charge is -2.05. The molecule has 0 aliphatic rings. The van der Waals surface area contributed by atoms with Crippen LogP contribution in [0.15, 0.2) is 48.5 Å². The smallest absolute Gasteiger partial charge is 0.130 e. The van der Waals surface area contributed by atoms with Gasteiger partial charge in [0.2, 0.25) is 5.82 Å². The van der Waals surface area contributed by atoms with Crippen LogP contribution in [-0.4, -0.2) is 20.2 Å². The zero-order valence-corrected chi connectivity index (χ0v) is 11.7. The first-order valence-electron chi connectivity index (χ1n) is 6.29. The second-order valence-corrected chi connectivity index (χ2v) is 4.80. The van der Waals surface area contributed by atoms with Gasteiger partial charge in [-0.05, 0) is 23.8 Å². The lowest BCUT2D eigenvalue weighted by molar-refractivity contribution is 0.715. The van der Waals surface area contributed by atoms with Gasteiger partial charge in [-0.1, -0.05) is 48.0 Å². The van der Waals surface area contributed by atoms with Crippen molar-refractivity contribution in [3.8, 4) is 17.1 Å². The van der Waals surface area contributed by atoms with Gasteiger partial charge in [-0.2, -0.15) is 0 Å². The second kappa shape index (κ2) is 5.43. The van der Waals surface area contributed by atoms with Gasteiger partial charge in [0, 0.05) is 11.4 Å². The summed E-state index contributed by atoms with van der Waals surface area (Å²) in [5.74, 6) is 1.02. The fraction of sp³-hybridized carbons (Fsp3) is 0.133. The quantitative estimate of drug-likeness (QED) is 0.693. The minimum Gasteiger partial charge on any atom is -0.130 e. The van der Waals surface area contributed by atoms with Crippen LogP contribution >= 0.6 is 11.6 Å². The summed E-state index contributed by atoms with van der Waals surface area (Å²) >= 11 is 5.99. The van der Waals surface area contributed by atoms with Crippen LogP contribution in [0.25, 0.3) is 17.1 Å². The molecule has 0 saturated carbocycles. The van der Waals surface area contributed by atoms with Gasteiger partial charge in [0.05, 0.1) is 5.69 Å². The summed E-state index contributed by atoms with van der Waals surface area (Å²) in [6.07, 6.45) is 0. The zero-order chi connectivity index (χ0) is 13.9. The molecule has 0 amide bonds. The molecule has 1 aromatic heterocycles. The fourth-order valence-electron chi connectivity index (χ4n) is 2.04. The molecule has 3 rings (SSSR count). The first kappa shape index (κ1) is 12.8. The van der Waals surface area contributed by atoms with Gasteiger partial charge in [0.1, 0.15) is 0 Å². The first-order chi connectivity index (χ1) is 9.78. The summed E-state index contributed by atoms with van der Waals surface area (Å²) in [4.78, 5) is 1.53. The van der Waals surface area contributed by atoms with Crippen LogP contribution in [0.5, 0.6) is 0 Å². The highest BCUT2D eigenvalue weighted by atomic mass is 35.5. The van der Waals surface area contributed by atoms with Gasteiger partial charge in [-0.3, -0.25) is 0 Å². The molecular formula is C15H13ClN4. The molecule has 0 unspecified atom stereocenters. The number of halogens is 1. The maximum atomic E-state index is 5.99. The van der Waals surface area contributed by atoms with Crippen LogP contribution in [-0.2, 0) is 5.88 Å². The van der Waals surface area contributed by atoms with Crippen LogP contribution in [0.3, 0.4) is 0 Å². The number of hydrogen-bond acceptors (Lipinski definition) is 3. The Morgan fingerprint density at radius 2 is 1.90 bits per heavy atom. The number of aromatic nitrogens is 4. The van der Waals surface area contributed by atoms with Gasteiger partial charge in [0.15, 0.2) is 0 Å². The largest absolute Gasteiger partial charge is 0.205 e. The predicted octanol–water partition coefficient (Wildman–Crippen LogP) is 3.38. The van der Waals surface area contributed by atoms with E-state index in [1.165, 1.54) is 4.80 Å². The zero-order valence-electron chi connectivity index (χ0n) is 11.0. The molecule has 4 nitrogen and oxygen atoms in total. The summed E-state index contributed by atoms with van der Waals surface area (Å²) in [5, 5.41) is 12.6. The van der Waals surface area contributed by atoms with E-state index in [1.807, 2.05) is 55.5 Å². The molecular weight excluding hydrogens is 272 g/mol. The molecule has 1 heterocycles. The Hall–Kier alpha value is -2.20. The first-order valence-corrected chi connectivity index (χ1v) is 6.82. The summed E-state index contributed by atoms with van der Waals surface area (Å²) in [6, 6.07) is 15.8. The van der Waals surface area contributed by atoms with Crippen LogP contribution < -0.4 is 0 Å². The average molecular weight is 285 g/mol. The SMILES string of the molecule is Cc1ccc(-n2nnc(-c3ccccc3)n2)c(CCl)c1. The predicted molar refractivity (Wildman–Crippen MR) is 78.9 cm³/mol. The number of aryl methyl sites for hydroxylation is 1. The van der Waals surface area contributed by atoms with Crippen molar-refractivity contribution >= 4 is 11.6 Å². The highest BCUT2D eigenvalue weighted by molar-refractivity contribution is 6.17. The van der Waals surface area contributed by atoms with Crippen molar-refractivity contribution in [1.29, 1.82) is 0 Å². The molecule has 0 fully saturated rings. The number of hydrogen-bond donors (Lipinski definition) is 0. The third-order valence-electron chi connectivity index (χ3n) is 3.04. The van der Waals surface area contributed by atoms with Crippen LogP contribution in [0, 0.1) is 6.92 Å². The molecule has 0 saturated heterocycles. The molecule has 0 atom stereocenters.